The molecule has 0 unspecified atom stereocenters. The number of aliphatic imine (C=N–C) groups is 1. The maximum Gasteiger partial charge on any atom is 0.227 e. The summed E-state index contributed by atoms with van der Waals surface area (Å²) in [7, 11) is 1.74. The van der Waals surface area contributed by atoms with Gasteiger partial charge in [0, 0.05) is 38.4 Å². The van der Waals surface area contributed by atoms with Gasteiger partial charge in [-0.05, 0) is 36.2 Å². The molecular weight excluding hydrogens is 342 g/mol. The lowest BCUT2D eigenvalue weighted by Crippen LogP contribution is -2.38. The molecule has 0 spiro atoms. The fourth-order valence-electron chi connectivity index (χ4n) is 2.89. The minimum atomic E-state index is 0.207. The summed E-state index contributed by atoms with van der Waals surface area (Å²) in [6.07, 6.45) is 4.99. The maximum absolute atomic E-state index is 11.8. The SMILES string of the molecule is CN=C(NCCOc1cccnc1)NCc1ccc(N2CCCC2=O)cc1. The van der Waals surface area contributed by atoms with Crippen LogP contribution < -0.4 is 20.3 Å². The van der Waals surface area contributed by atoms with Gasteiger partial charge in [0.25, 0.3) is 0 Å². The van der Waals surface area contributed by atoms with Gasteiger partial charge in [-0.1, -0.05) is 12.1 Å². The van der Waals surface area contributed by atoms with Crippen LogP contribution in [0.4, 0.5) is 5.69 Å². The third kappa shape index (κ3) is 5.44. The minimum absolute atomic E-state index is 0.207. The van der Waals surface area contributed by atoms with Crippen molar-refractivity contribution >= 4 is 17.6 Å². The first-order valence-electron chi connectivity index (χ1n) is 9.13. The van der Waals surface area contributed by atoms with E-state index in [1.807, 2.05) is 41.3 Å². The number of hydrogen-bond acceptors (Lipinski definition) is 4. The van der Waals surface area contributed by atoms with Crippen LogP contribution in [0, 0.1) is 0 Å². The predicted molar refractivity (Wildman–Crippen MR) is 106 cm³/mol. The highest BCUT2D eigenvalue weighted by Gasteiger charge is 2.21. The molecule has 0 bridgehead atoms. The molecule has 1 amide bonds. The zero-order valence-corrected chi connectivity index (χ0v) is 15.5. The fourth-order valence-corrected chi connectivity index (χ4v) is 2.89. The predicted octanol–water partition coefficient (Wildman–Crippen LogP) is 1.95. The molecule has 2 heterocycles. The zero-order chi connectivity index (χ0) is 18.9. The Morgan fingerprint density at radius 1 is 1.26 bits per heavy atom. The van der Waals surface area contributed by atoms with Crippen LogP contribution >= 0.6 is 0 Å². The highest BCUT2D eigenvalue weighted by Crippen LogP contribution is 2.21. The van der Waals surface area contributed by atoms with Crippen LogP contribution in [0.2, 0.25) is 0 Å². The molecule has 2 aromatic rings. The molecule has 0 aliphatic carbocycles. The first-order valence-corrected chi connectivity index (χ1v) is 9.13. The second-order valence-electron chi connectivity index (χ2n) is 6.21. The van der Waals surface area contributed by atoms with E-state index in [0.717, 1.165) is 30.0 Å². The Morgan fingerprint density at radius 3 is 2.78 bits per heavy atom. The summed E-state index contributed by atoms with van der Waals surface area (Å²) >= 11 is 0. The lowest BCUT2D eigenvalue weighted by atomic mass is 10.2. The van der Waals surface area contributed by atoms with E-state index in [4.69, 9.17) is 4.74 Å². The Bertz CT molecular complexity index is 762. The number of anilines is 1. The molecule has 0 saturated carbocycles. The fraction of sp³-hybridized carbons (Fsp3) is 0.350. The van der Waals surface area contributed by atoms with Gasteiger partial charge in [-0.15, -0.1) is 0 Å². The molecule has 1 saturated heterocycles. The van der Waals surface area contributed by atoms with Crippen LogP contribution in [0.25, 0.3) is 0 Å². The van der Waals surface area contributed by atoms with Gasteiger partial charge in [0.15, 0.2) is 5.96 Å². The normalized spacial score (nSPS) is 14.3. The molecule has 1 aliphatic rings. The van der Waals surface area contributed by atoms with E-state index in [1.54, 1.807) is 19.4 Å². The van der Waals surface area contributed by atoms with E-state index >= 15 is 0 Å². The second-order valence-corrected chi connectivity index (χ2v) is 6.21. The van der Waals surface area contributed by atoms with Crippen LogP contribution in [0.5, 0.6) is 5.75 Å². The first-order chi connectivity index (χ1) is 13.3. The Morgan fingerprint density at radius 2 is 2.11 bits per heavy atom. The van der Waals surface area contributed by atoms with Crippen LogP contribution in [0.15, 0.2) is 53.8 Å². The van der Waals surface area contributed by atoms with Gasteiger partial charge in [0.2, 0.25) is 5.91 Å². The maximum atomic E-state index is 11.8. The third-order valence-electron chi connectivity index (χ3n) is 4.30. The molecule has 0 atom stereocenters. The molecule has 3 rings (SSSR count). The number of benzene rings is 1. The van der Waals surface area contributed by atoms with Crippen LogP contribution in [0.1, 0.15) is 18.4 Å². The number of aromatic nitrogens is 1. The van der Waals surface area contributed by atoms with Gasteiger partial charge in [-0.25, -0.2) is 0 Å². The Labute approximate surface area is 159 Å². The molecule has 1 aromatic carbocycles. The first kappa shape index (κ1) is 18.7. The number of amides is 1. The molecule has 1 aromatic heterocycles. The largest absolute Gasteiger partial charge is 0.490 e. The van der Waals surface area contributed by atoms with E-state index in [-0.39, 0.29) is 5.91 Å². The number of nitrogens with one attached hydrogen (secondary N) is 2. The van der Waals surface area contributed by atoms with Gasteiger partial charge in [-0.3, -0.25) is 14.8 Å². The molecule has 7 nitrogen and oxygen atoms in total. The topological polar surface area (TPSA) is 78.9 Å². The van der Waals surface area contributed by atoms with E-state index in [1.165, 1.54) is 0 Å². The number of hydrogen-bond donors (Lipinski definition) is 2. The number of guanidine groups is 1. The van der Waals surface area contributed by atoms with Crippen LogP contribution in [-0.4, -0.2) is 43.6 Å². The summed E-state index contributed by atoms with van der Waals surface area (Å²) in [5, 5.41) is 6.49. The van der Waals surface area contributed by atoms with Crippen molar-refractivity contribution in [2.24, 2.45) is 4.99 Å². The average molecular weight is 367 g/mol. The van der Waals surface area contributed by atoms with Crippen molar-refractivity contribution in [3.8, 4) is 5.75 Å². The van der Waals surface area contributed by atoms with Crippen molar-refractivity contribution in [3.63, 3.8) is 0 Å². The van der Waals surface area contributed by atoms with Gasteiger partial charge in [0.1, 0.15) is 12.4 Å². The van der Waals surface area contributed by atoms with Crippen molar-refractivity contribution in [1.82, 2.24) is 15.6 Å². The lowest BCUT2D eigenvalue weighted by molar-refractivity contribution is -0.117. The van der Waals surface area contributed by atoms with E-state index in [0.29, 0.717) is 32.1 Å². The van der Waals surface area contributed by atoms with Crippen molar-refractivity contribution in [2.75, 3.05) is 31.6 Å². The van der Waals surface area contributed by atoms with E-state index in [9.17, 15) is 4.79 Å². The number of nitrogens with zero attached hydrogens (tertiary/aromatic N) is 3. The monoisotopic (exact) mass is 367 g/mol. The summed E-state index contributed by atoms with van der Waals surface area (Å²) < 4.78 is 5.59. The molecule has 7 heteroatoms. The molecular formula is C20H25N5O2. The Hall–Kier alpha value is -3.09. The standard InChI is InChI=1S/C20H25N5O2/c1-21-20(23-11-13-27-18-4-2-10-22-15-18)24-14-16-6-8-17(9-7-16)25-12-3-5-19(25)26/h2,4,6-10,15H,3,5,11-14H2,1H3,(H2,21,23,24). The number of carbonyl (C=O) groups excluding carboxylic acids is 1. The zero-order valence-electron chi connectivity index (χ0n) is 15.5. The summed E-state index contributed by atoms with van der Waals surface area (Å²) in [4.78, 5) is 21.9. The van der Waals surface area contributed by atoms with Crippen molar-refractivity contribution in [1.29, 1.82) is 0 Å². The average Bonchev–Trinajstić information content (AvgIpc) is 3.14. The van der Waals surface area contributed by atoms with Gasteiger partial charge >= 0.3 is 0 Å². The van der Waals surface area contributed by atoms with Gasteiger partial charge in [0.05, 0.1) is 12.7 Å². The highest BCUT2D eigenvalue weighted by molar-refractivity contribution is 5.95. The number of carbonyl (C=O) groups is 1. The lowest BCUT2D eigenvalue weighted by Gasteiger charge is -2.16. The number of ether oxygens (including phenoxy) is 1. The molecule has 1 aliphatic heterocycles. The quantitative estimate of drug-likeness (QED) is 0.444. The number of rotatable bonds is 7. The second kappa shape index (κ2) is 9.56. The summed E-state index contributed by atoms with van der Waals surface area (Å²) in [5.74, 6) is 1.67. The molecule has 27 heavy (non-hydrogen) atoms. The summed E-state index contributed by atoms with van der Waals surface area (Å²) in [6, 6.07) is 11.8. The molecule has 0 radical (unpaired) electrons. The smallest absolute Gasteiger partial charge is 0.227 e. The van der Waals surface area contributed by atoms with Gasteiger partial charge < -0.3 is 20.3 Å². The van der Waals surface area contributed by atoms with E-state index < -0.39 is 0 Å². The Kier molecular flexibility index (Phi) is 6.62. The van der Waals surface area contributed by atoms with Gasteiger partial charge in [-0.2, -0.15) is 0 Å². The molecule has 142 valence electrons. The van der Waals surface area contributed by atoms with Crippen LogP contribution in [0.3, 0.4) is 0 Å². The minimum Gasteiger partial charge on any atom is -0.490 e. The van der Waals surface area contributed by atoms with Crippen molar-refractivity contribution in [2.45, 2.75) is 19.4 Å². The number of pyridine rings is 1. The molecule has 1 fully saturated rings. The summed E-state index contributed by atoms with van der Waals surface area (Å²) in [5.41, 5.74) is 2.09. The van der Waals surface area contributed by atoms with E-state index in [2.05, 4.69) is 20.6 Å². The third-order valence-corrected chi connectivity index (χ3v) is 4.30. The van der Waals surface area contributed by atoms with Crippen LogP contribution in [-0.2, 0) is 11.3 Å². The van der Waals surface area contributed by atoms with Crippen molar-refractivity contribution in [3.05, 3.63) is 54.4 Å². The summed E-state index contributed by atoms with van der Waals surface area (Å²) in [6.45, 7) is 2.61. The Balaban J connectivity index is 1.40. The molecule has 2 N–H and O–H groups in total. The van der Waals surface area contributed by atoms with Crippen molar-refractivity contribution < 1.29 is 9.53 Å². The highest BCUT2D eigenvalue weighted by atomic mass is 16.5.